The van der Waals surface area contributed by atoms with Crippen LogP contribution < -0.4 is 5.32 Å². The molecule has 0 bridgehead atoms. The molecule has 0 aliphatic carbocycles. The van der Waals surface area contributed by atoms with Crippen molar-refractivity contribution in [2.75, 3.05) is 18.4 Å². The van der Waals surface area contributed by atoms with Gasteiger partial charge in [0.25, 0.3) is 0 Å². The highest BCUT2D eigenvalue weighted by atomic mass is 19.4. The SMILES string of the molecule is CC(C)(C)CC(C)(C)OC(=O)N1CC=C(c2ccc3c(c2)C(C)(C(F)(F)F)C(=O)N3)CC1. The predicted molar refractivity (Wildman–Crippen MR) is 117 cm³/mol. The lowest BCUT2D eigenvalue weighted by atomic mass is 9.81. The summed E-state index contributed by atoms with van der Waals surface area (Å²) < 4.78 is 46.8. The fourth-order valence-corrected chi connectivity index (χ4v) is 4.63. The van der Waals surface area contributed by atoms with E-state index in [0.717, 1.165) is 12.5 Å². The van der Waals surface area contributed by atoms with Crippen LogP contribution in [0.2, 0.25) is 0 Å². The third-order valence-corrected chi connectivity index (χ3v) is 5.99. The number of hydrogen-bond acceptors (Lipinski definition) is 3. The van der Waals surface area contributed by atoms with Gasteiger partial charge in [0.15, 0.2) is 5.41 Å². The van der Waals surface area contributed by atoms with Crippen molar-refractivity contribution in [2.45, 2.75) is 71.6 Å². The quantitative estimate of drug-likeness (QED) is 0.621. The molecule has 0 saturated carbocycles. The second-order valence-electron chi connectivity index (χ2n) is 10.6. The number of halogens is 3. The highest BCUT2D eigenvalue weighted by Crippen LogP contribution is 2.49. The summed E-state index contributed by atoms with van der Waals surface area (Å²) in [6.07, 6.45) is -2.08. The summed E-state index contributed by atoms with van der Waals surface area (Å²) >= 11 is 0. The van der Waals surface area contributed by atoms with Crippen molar-refractivity contribution in [2.24, 2.45) is 5.41 Å². The molecule has 1 aromatic carbocycles. The van der Waals surface area contributed by atoms with Crippen LogP contribution in [0.5, 0.6) is 0 Å². The highest BCUT2D eigenvalue weighted by molar-refractivity contribution is 6.07. The van der Waals surface area contributed by atoms with Gasteiger partial charge in [-0.3, -0.25) is 4.79 Å². The molecular weight excluding hydrogens is 421 g/mol. The average Bonchev–Trinajstić information content (AvgIpc) is 2.90. The number of carbonyl (C=O) groups excluding carboxylic acids is 2. The van der Waals surface area contributed by atoms with Crippen molar-refractivity contribution in [3.8, 4) is 0 Å². The molecule has 0 radical (unpaired) electrons. The van der Waals surface area contributed by atoms with Crippen molar-refractivity contribution in [3.63, 3.8) is 0 Å². The number of fused-ring (bicyclic) bond motifs is 1. The van der Waals surface area contributed by atoms with Gasteiger partial charge >= 0.3 is 12.3 Å². The van der Waals surface area contributed by atoms with E-state index >= 15 is 0 Å². The Morgan fingerprint density at radius 2 is 1.84 bits per heavy atom. The molecular formula is C24H31F3N2O3. The first-order chi connectivity index (χ1) is 14.5. The summed E-state index contributed by atoms with van der Waals surface area (Å²) in [4.78, 5) is 26.3. The molecule has 2 aliphatic rings. The Labute approximate surface area is 187 Å². The molecule has 8 heteroatoms. The highest BCUT2D eigenvalue weighted by Gasteiger charge is 2.61. The van der Waals surface area contributed by atoms with E-state index in [9.17, 15) is 22.8 Å². The van der Waals surface area contributed by atoms with Crippen LogP contribution in [-0.2, 0) is 14.9 Å². The second-order valence-corrected chi connectivity index (χ2v) is 10.6. The zero-order valence-corrected chi connectivity index (χ0v) is 19.4. The lowest BCUT2D eigenvalue weighted by Crippen LogP contribution is -2.45. The summed E-state index contributed by atoms with van der Waals surface area (Å²) in [5, 5.41) is 2.34. The number of ether oxygens (including phenoxy) is 1. The van der Waals surface area contributed by atoms with Crippen molar-refractivity contribution in [3.05, 3.63) is 35.4 Å². The van der Waals surface area contributed by atoms with E-state index < -0.39 is 29.2 Å². The molecule has 176 valence electrons. The fourth-order valence-electron chi connectivity index (χ4n) is 4.63. The van der Waals surface area contributed by atoms with Gasteiger partial charge < -0.3 is 15.0 Å². The smallest absolute Gasteiger partial charge is 0.410 e. The minimum Gasteiger partial charge on any atom is -0.443 e. The van der Waals surface area contributed by atoms with Gasteiger partial charge in [0, 0.05) is 24.3 Å². The van der Waals surface area contributed by atoms with Crippen molar-refractivity contribution < 1.29 is 27.5 Å². The Morgan fingerprint density at radius 3 is 2.38 bits per heavy atom. The number of hydrogen-bond donors (Lipinski definition) is 1. The van der Waals surface area contributed by atoms with Crippen molar-refractivity contribution >= 4 is 23.3 Å². The van der Waals surface area contributed by atoms with Gasteiger partial charge in [-0.25, -0.2) is 4.79 Å². The molecule has 2 amide bonds. The summed E-state index contributed by atoms with van der Waals surface area (Å²) in [5.41, 5.74) is -1.61. The molecule has 0 spiro atoms. The van der Waals surface area contributed by atoms with Gasteiger partial charge in [-0.15, -0.1) is 0 Å². The van der Waals surface area contributed by atoms with E-state index in [1.54, 1.807) is 11.0 Å². The number of carbonyl (C=O) groups is 2. The number of rotatable bonds is 3. The van der Waals surface area contributed by atoms with Gasteiger partial charge in [0.05, 0.1) is 0 Å². The van der Waals surface area contributed by atoms with Crippen molar-refractivity contribution in [1.82, 2.24) is 4.90 Å². The first-order valence-electron chi connectivity index (χ1n) is 10.7. The number of nitrogens with one attached hydrogen (secondary N) is 1. The van der Waals surface area contributed by atoms with Crippen LogP contribution in [0, 0.1) is 5.41 Å². The van der Waals surface area contributed by atoms with Crippen LogP contribution in [0.25, 0.3) is 5.57 Å². The number of alkyl halides is 3. The normalized spacial score (nSPS) is 21.7. The Kier molecular flexibility index (Phi) is 5.89. The Morgan fingerprint density at radius 1 is 1.19 bits per heavy atom. The molecule has 0 saturated heterocycles. The van der Waals surface area contributed by atoms with Crippen LogP contribution >= 0.6 is 0 Å². The maximum absolute atomic E-state index is 13.7. The largest absolute Gasteiger partial charge is 0.443 e. The van der Waals surface area contributed by atoms with Gasteiger partial charge in [0.2, 0.25) is 5.91 Å². The van der Waals surface area contributed by atoms with E-state index in [1.165, 1.54) is 12.1 Å². The van der Waals surface area contributed by atoms with Crippen LogP contribution in [0.4, 0.5) is 23.7 Å². The number of amides is 2. The van der Waals surface area contributed by atoms with E-state index in [4.69, 9.17) is 4.74 Å². The van der Waals surface area contributed by atoms with E-state index in [0.29, 0.717) is 31.5 Å². The Balaban J connectivity index is 1.75. The molecule has 32 heavy (non-hydrogen) atoms. The Hall–Kier alpha value is -2.51. The lowest BCUT2D eigenvalue weighted by Gasteiger charge is -2.35. The lowest BCUT2D eigenvalue weighted by molar-refractivity contribution is -0.186. The number of nitrogens with zero attached hydrogens (tertiary/aromatic N) is 1. The van der Waals surface area contributed by atoms with Crippen LogP contribution in [0.15, 0.2) is 24.3 Å². The zero-order valence-electron chi connectivity index (χ0n) is 19.4. The maximum atomic E-state index is 13.7. The monoisotopic (exact) mass is 452 g/mol. The standard InChI is InChI=1S/C24H31F3N2O3/c1-21(2,3)14-22(4,5)32-20(31)29-11-9-15(10-12-29)16-7-8-18-17(13-16)23(6,19(30)28-18)24(25,26)27/h7-9,13H,10-12,14H2,1-6H3,(H,28,30). The summed E-state index contributed by atoms with van der Waals surface area (Å²) in [7, 11) is 0. The maximum Gasteiger partial charge on any atom is 0.410 e. The summed E-state index contributed by atoms with van der Waals surface area (Å²) in [6.45, 7) is 11.7. The number of benzene rings is 1. The van der Waals surface area contributed by atoms with Crippen molar-refractivity contribution in [1.29, 1.82) is 0 Å². The van der Waals surface area contributed by atoms with Gasteiger partial charge in [-0.05, 0) is 62.3 Å². The third-order valence-electron chi connectivity index (χ3n) is 5.99. The molecule has 0 fully saturated rings. The zero-order chi connectivity index (χ0) is 24.1. The first-order valence-corrected chi connectivity index (χ1v) is 10.7. The van der Waals surface area contributed by atoms with Crippen LogP contribution in [-0.4, -0.2) is 41.8 Å². The third kappa shape index (κ3) is 4.64. The second kappa shape index (κ2) is 7.81. The molecule has 1 N–H and O–H groups in total. The molecule has 1 atom stereocenters. The Bertz CT molecular complexity index is 960. The molecule has 0 aromatic heterocycles. The van der Waals surface area contributed by atoms with Gasteiger partial charge in [-0.2, -0.15) is 13.2 Å². The van der Waals surface area contributed by atoms with Gasteiger partial charge in [-0.1, -0.05) is 32.9 Å². The van der Waals surface area contributed by atoms with E-state index in [1.807, 2.05) is 19.9 Å². The number of anilines is 1. The van der Waals surface area contributed by atoms with Crippen LogP contribution in [0.1, 0.15) is 65.5 Å². The first kappa shape index (κ1) is 24.1. The molecule has 1 unspecified atom stereocenters. The molecule has 1 aromatic rings. The predicted octanol–water partition coefficient (Wildman–Crippen LogP) is 5.90. The molecule has 2 aliphatic heterocycles. The van der Waals surface area contributed by atoms with E-state index in [2.05, 4.69) is 26.1 Å². The molecule has 3 rings (SSSR count). The summed E-state index contributed by atoms with van der Waals surface area (Å²) in [6, 6.07) is 4.65. The topological polar surface area (TPSA) is 58.6 Å². The van der Waals surface area contributed by atoms with Gasteiger partial charge in [0.1, 0.15) is 5.60 Å². The van der Waals surface area contributed by atoms with E-state index in [-0.39, 0.29) is 16.7 Å². The van der Waals surface area contributed by atoms with Crippen LogP contribution in [0.3, 0.4) is 0 Å². The fraction of sp³-hybridized carbons (Fsp3) is 0.583. The minimum absolute atomic E-state index is 0.00741. The average molecular weight is 453 g/mol. The molecule has 5 nitrogen and oxygen atoms in total. The molecule has 2 heterocycles. The summed E-state index contributed by atoms with van der Waals surface area (Å²) in [5.74, 6) is -1.07. The minimum atomic E-state index is -4.71.